The van der Waals surface area contributed by atoms with Gasteiger partial charge in [0, 0.05) is 37.9 Å². The Hall–Kier alpha value is -1.46. The Morgan fingerprint density at radius 3 is 2.85 bits per heavy atom. The van der Waals surface area contributed by atoms with Crippen molar-refractivity contribution in [1.82, 2.24) is 20.1 Å². The molecule has 0 radical (unpaired) electrons. The zero-order valence-electron chi connectivity index (χ0n) is 16.2. The number of piperidine rings is 1. The summed E-state index contributed by atoms with van der Waals surface area (Å²) in [7, 11) is 0. The van der Waals surface area contributed by atoms with Gasteiger partial charge in [0.1, 0.15) is 0 Å². The van der Waals surface area contributed by atoms with E-state index in [1.165, 1.54) is 37.8 Å². The van der Waals surface area contributed by atoms with E-state index in [2.05, 4.69) is 33.1 Å². The van der Waals surface area contributed by atoms with Gasteiger partial charge in [-0.05, 0) is 75.8 Å². The molecule has 0 aromatic carbocycles. The van der Waals surface area contributed by atoms with E-state index in [-0.39, 0.29) is 5.91 Å². The molecule has 2 aliphatic rings. The Balaban J connectivity index is 1.29. The highest BCUT2D eigenvalue weighted by Crippen LogP contribution is 2.23. The first kappa shape index (κ1) is 19.3. The van der Waals surface area contributed by atoms with Crippen LogP contribution in [0.4, 0.5) is 0 Å². The predicted molar refractivity (Wildman–Crippen MR) is 105 cm³/mol. The summed E-state index contributed by atoms with van der Waals surface area (Å²) in [4.78, 5) is 21.4. The van der Waals surface area contributed by atoms with E-state index < -0.39 is 0 Å². The monoisotopic (exact) mass is 358 g/mol. The van der Waals surface area contributed by atoms with Gasteiger partial charge in [-0.2, -0.15) is 0 Å². The molecule has 0 bridgehead atoms. The van der Waals surface area contributed by atoms with Crippen molar-refractivity contribution in [3.63, 3.8) is 0 Å². The average Bonchev–Trinajstić information content (AvgIpc) is 3.14. The third-order valence-corrected chi connectivity index (χ3v) is 6.06. The number of likely N-dealkylation sites (tertiary alicyclic amines) is 2. The van der Waals surface area contributed by atoms with Crippen LogP contribution in [0, 0.1) is 5.92 Å². The molecule has 1 atom stereocenters. The lowest BCUT2D eigenvalue weighted by Gasteiger charge is -2.31. The Morgan fingerprint density at radius 1 is 1.27 bits per heavy atom. The fraction of sp³-hybridized carbons (Fsp3) is 0.714. The number of carbonyl (C=O) groups excluding carboxylic acids is 1. The van der Waals surface area contributed by atoms with Crippen molar-refractivity contribution in [2.45, 2.75) is 58.0 Å². The van der Waals surface area contributed by atoms with Crippen LogP contribution in [-0.4, -0.2) is 59.5 Å². The van der Waals surface area contributed by atoms with Gasteiger partial charge in [-0.15, -0.1) is 0 Å². The maximum atomic E-state index is 12.2. The molecule has 0 aliphatic carbocycles. The number of pyridine rings is 1. The van der Waals surface area contributed by atoms with Crippen LogP contribution in [0.1, 0.15) is 51.0 Å². The molecular formula is C21H34N4O. The van der Waals surface area contributed by atoms with Crippen LogP contribution in [0.15, 0.2) is 24.5 Å². The van der Waals surface area contributed by atoms with E-state index in [9.17, 15) is 4.79 Å². The number of amides is 1. The number of nitrogens with zero attached hydrogens (tertiary/aromatic N) is 3. The van der Waals surface area contributed by atoms with Crippen molar-refractivity contribution < 1.29 is 4.79 Å². The van der Waals surface area contributed by atoms with Gasteiger partial charge in [0.05, 0.1) is 0 Å². The van der Waals surface area contributed by atoms with Crippen LogP contribution in [0.25, 0.3) is 0 Å². The van der Waals surface area contributed by atoms with Crippen LogP contribution in [0.5, 0.6) is 0 Å². The maximum Gasteiger partial charge on any atom is 0.220 e. The van der Waals surface area contributed by atoms with E-state index in [1.807, 2.05) is 18.5 Å². The number of rotatable bonds is 8. The molecule has 3 heterocycles. The Bertz CT molecular complexity index is 542. The number of nitrogens with one attached hydrogen (secondary N) is 1. The van der Waals surface area contributed by atoms with E-state index in [0.29, 0.717) is 18.4 Å². The molecule has 1 N–H and O–H groups in total. The van der Waals surface area contributed by atoms with Gasteiger partial charge in [0.15, 0.2) is 0 Å². The van der Waals surface area contributed by atoms with E-state index >= 15 is 0 Å². The fourth-order valence-corrected chi connectivity index (χ4v) is 4.38. The second kappa shape index (κ2) is 10.0. The molecule has 1 amide bonds. The summed E-state index contributed by atoms with van der Waals surface area (Å²) in [5.74, 6) is 0.940. The van der Waals surface area contributed by atoms with Crippen LogP contribution < -0.4 is 5.32 Å². The smallest absolute Gasteiger partial charge is 0.220 e. The Labute approximate surface area is 158 Å². The highest BCUT2D eigenvalue weighted by atomic mass is 16.1. The molecule has 2 aliphatic heterocycles. The molecule has 0 spiro atoms. The van der Waals surface area contributed by atoms with Crippen LogP contribution in [0.2, 0.25) is 0 Å². The van der Waals surface area contributed by atoms with Gasteiger partial charge in [-0.1, -0.05) is 13.0 Å². The van der Waals surface area contributed by atoms with Crippen molar-refractivity contribution >= 4 is 5.91 Å². The molecular weight excluding hydrogens is 324 g/mol. The normalized spacial score (nSPS) is 22.6. The Morgan fingerprint density at radius 2 is 2.12 bits per heavy atom. The van der Waals surface area contributed by atoms with Gasteiger partial charge < -0.3 is 5.32 Å². The fourth-order valence-electron chi connectivity index (χ4n) is 4.38. The molecule has 144 valence electrons. The van der Waals surface area contributed by atoms with Crippen LogP contribution in [-0.2, 0) is 11.3 Å². The molecule has 1 aromatic rings. The van der Waals surface area contributed by atoms with Gasteiger partial charge >= 0.3 is 0 Å². The summed E-state index contributed by atoms with van der Waals surface area (Å²) in [5.41, 5.74) is 1.29. The zero-order chi connectivity index (χ0) is 18.2. The minimum absolute atomic E-state index is 0.241. The lowest BCUT2D eigenvalue weighted by molar-refractivity contribution is -0.121. The van der Waals surface area contributed by atoms with Gasteiger partial charge in [0.25, 0.3) is 0 Å². The molecule has 2 saturated heterocycles. The van der Waals surface area contributed by atoms with Gasteiger partial charge in [0.2, 0.25) is 5.91 Å². The highest BCUT2D eigenvalue weighted by Gasteiger charge is 2.24. The maximum absolute atomic E-state index is 12.2. The van der Waals surface area contributed by atoms with Crippen LogP contribution in [0.3, 0.4) is 0 Å². The summed E-state index contributed by atoms with van der Waals surface area (Å²) in [6, 6.07) is 4.71. The highest BCUT2D eigenvalue weighted by molar-refractivity contribution is 5.75. The van der Waals surface area contributed by atoms with Crippen molar-refractivity contribution in [2.75, 3.05) is 32.7 Å². The van der Waals surface area contributed by atoms with Crippen molar-refractivity contribution in [3.05, 3.63) is 30.1 Å². The first-order valence-electron chi connectivity index (χ1n) is 10.4. The van der Waals surface area contributed by atoms with Gasteiger partial charge in [-0.25, -0.2) is 0 Å². The molecule has 0 saturated carbocycles. The molecule has 5 heteroatoms. The first-order chi connectivity index (χ1) is 12.7. The van der Waals surface area contributed by atoms with Crippen molar-refractivity contribution in [2.24, 2.45) is 5.92 Å². The quantitative estimate of drug-likeness (QED) is 0.776. The number of hydrogen-bond donors (Lipinski definition) is 1. The molecule has 1 unspecified atom stereocenters. The lowest BCUT2D eigenvalue weighted by atomic mass is 9.92. The summed E-state index contributed by atoms with van der Waals surface area (Å²) in [5, 5.41) is 3.17. The van der Waals surface area contributed by atoms with Crippen LogP contribution >= 0.6 is 0 Å². The summed E-state index contributed by atoms with van der Waals surface area (Å²) in [6.45, 7) is 8.59. The molecule has 1 aromatic heterocycles. The molecule has 2 fully saturated rings. The molecule has 5 nitrogen and oxygen atoms in total. The summed E-state index contributed by atoms with van der Waals surface area (Å²) < 4.78 is 0. The third kappa shape index (κ3) is 5.78. The SMILES string of the molecule is CCN1CCCC1CNC(=O)CCC1CCN(Cc2cccnc2)CC1. The predicted octanol–water partition coefficient (Wildman–Crippen LogP) is 2.67. The molecule has 26 heavy (non-hydrogen) atoms. The standard InChI is InChI=1S/C21H34N4O/c1-2-25-12-4-6-20(25)16-23-21(26)8-7-18-9-13-24(14-10-18)17-19-5-3-11-22-15-19/h3,5,11,15,18,20H,2,4,6-10,12-14,16-17H2,1H3,(H,23,26). The van der Waals surface area contributed by atoms with E-state index in [0.717, 1.165) is 39.1 Å². The molecule has 3 rings (SSSR count). The summed E-state index contributed by atoms with van der Waals surface area (Å²) in [6.07, 6.45) is 10.4. The third-order valence-electron chi connectivity index (χ3n) is 6.06. The van der Waals surface area contributed by atoms with Crippen molar-refractivity contribution in [1.29, 1.82) is 0 Å². The average molecular weight is 359 g/mol. The van der Waals surface area contributed by atoms with Crippen molar-refractivity contribution in [3.8, 4) is 0 Å². The first-order valence-corrected chi connectivity index (χ1v) is 10.4. The minimum atomic E-state index is 0.241. The Kier molecular flexibility index (Phi) is 7.44. The minimum Gasteiger partial charge on any atom is -0.355 e. The topological polar surface area (TPSA) is 48.5 Å². The second-order valence-corrected chi connectivity index (χ2v) is 7.85. The van der Waals surface area contributed by atoms with Gasteiger partial charge in [-0.3, -0.25) is 19.6 Å². The number of carbonyl (C=O) groups is 1. The van der Waals surface area contributed by atoms with E-state index in [4.69, 9.17) is 0 Å². The second-order valence-electron chi connectivity index (χ2n) is 7.85. The summed E-state index contributed by atoms with van der Waals surface area (Å²) >= 11 is 0. The zero-order valence-corrected chi connectivity index (χ0v) is 16.2. The van der Waals surface area contributed by atoms with E-state index in [1.54, 1.807) is 0 Å². The number of hydrogen-bond acceptors (Lipinski definition) is 4. The largest absolute Gasteiger partial charge is 0.355 e. The lowest BCUT2D eigenvalue weighted by Crippen LogP contribution is -2.40. The number of aromatic nitrogens is 1. The number of likely N-dealkylation sites (N-methyl/N-ethyl adjacent to an activating group) is 1.